The standard InChI is InChI=1S/C11H10Cl2N2O3/c12-7-1-8(13)3-9(2-7)14-11(18)15-4-6(5-15)10(16)17/h1-3,6H,4-5H2,(H,14,18)(H,16,17). The van der Waals surface area contributed by atoms with Crippen LogP contribution in [-0.4, -0.2) is 35.1 Å². The van der Waals surface area contributed by atoms with Gasteiger partial charge in [0.2, 0.25) is 0 Å². The van der Waals surface area contributed by atoms with Crippen LogP contribution in [0.2, 0.25) is 10.0 Å². The molecule has 1 aromatic rings. The summed E-state index contributed by atoms with van der Waals surface area (Å²) in [6.07, 6.45) is 0. The molecular weight excluding hydrogens is 279 g/mol. The van der Waals surface area contributed by atoms with Crippen molar-refractivity contribution in [3.05, 3.63) is 28.2 Å². The van der Waals surface area contributed by atoms with Crippen LogP contribution in [0, 0.1) is 5.92 Å². The maximum absolute atomic E-state index is 11.7. The maximum Gasteiger partial charge on any atom is 0.321 e. The van der Waals surface area contributed by atoms with Crippen molar-refractivity contribution in [2.24, 2.45) is 5.92 Å². The summed E-state index contributed by atoms with van der Waals surface area (Å²) in [4.78, 5) is 23.7. The molecule has 2 amide bonds. The fourth-order valence-corrected chi connectivity index (χ4v) is 2.16. The van der Waals surface area contributed by atoms with Crippen LogP contribution < -0.4 is 5.32 Å². The van der Waals surface area contributed by atoms with Crippen LogP contribution >= 0.6 is 23.2 Å². The van der Waals surface area contributed by atoms with Crippen molar-refractivity contribution in [3.8, 4) is 0 Å². The Kier molecular flexibility index (Phi) is 3.63. The van der Waals surface area contributed by atoms with Gasteiger partial charge < -0.3 is 15.3 Å². The Hall–Kier alpha value is -1.46. The fraction of sp³-hybridized carbons (Fsp3) is 0.273. The molecule has 2 N–H and O–H groups in total. The van der Waals surface area contributed by atoms with Crippen molar-refractivity contribution in [2.75, 3.05) is 18.4 Å². The second kappa shape index (κ2) is 5.04. The topological polar surface area (TPSA) is 69.6 Å². The molecule has 96 valence electrons. The number of amides is 2. The SMILES string of the molecule is O=C(O)C1CN(C(=O)Nc2cc(Cl)cc(Cl)c2)C1. The molecule has 2 rings (SSSR count). The zero-order valence-electron chi connectivity index (χ0n) is 9.19. The molecule has 0 aliphatic carbocycles. The number of hydrogen-bond acceptors (Lipinski definition) is 2. The largest absolute Gasteiger partial charge is 0.481 e. The highest BCUT2D eigenvalue weighted by Crippen LogP contribution is 2.23. The van der Waals surface area contributed by atoms with Crippen molar-refractivity contribution in [2.45, 2.75) is 0 Å². The van der Waals surface area contributed by atoms with Crippen LogP contribution in [0.1, 0.15) is 0 Å². The molecule has 0 spiro atoms. The number of benzene rings is 1. The molecule has 0 radical (unpaired) electrons. The van der Waals surface area contributed by atoms with Crippen molar-refractivity contribution in [3.63, 3.8) is 0 Å². The molecule has 1 aliphatic heterocycles. The first kappa shape index (κ1) is 13.0. The van der Waals surface area contributed by atoms with Gasteiger partial charge >= 0.3 is 12.0 Å². The third-order valence-electron chi connectivity index (χ3n) is 2.63. The molecule has 7 heteroatoms. The summed E-state index contributed by atoms with van der Waals surface area (Å²) in [5.41, 5.74) is 0.483. The van der Waals surface area contributed by atoms with Gasteiger partial charge in [-0.25, -0.2) is 4.79 Å². The van der Waals surface area contributed by atoms with Gasteiger partial charge in [-0.1, -0.05) is 23.2 Å². The molecule has 0 bridgehead atoms. The molecule has 5 nitrogen and oxygen atoms in total. The van der Waals surface area contributed by atoms with E-state index in [2.05, 4.69) is 5.32 Å². The summed E-state index contributed by atoms with van der Waals surface area (Å²) in [5.74, 6) is -1.36. The van der Waals surface area contributed by atoms with Crippen LogP contribution in [0.3, 0.4) is 0 Å². The molecule has 1 saturated heterocycles. The van der Waals surface area contributed by atoms with E-state index in [9.17, 15) is 9.59 Å². The molecule has 1 heterocycles. The summed E-state index contributed by atoms with van der Waals surface area (Å²) in [7, 11) is 0. The summed E-state index contributed by atoms with van der Waals surface area (Å²) in [5, 5.41) is 12.2. The van der Waals surface area contributed by atoms with Gasteiger partial charge in [-0.3, -0.25) is 4.79 Å². The minimum Gasteiger partial charge on any atom is -0.481 e. The minimum absolute atomic E-state index is 0.218. The monoisotopic (exact) mass is 288 g/mol. The smallest absolute Gasteiger partial charge is 0.321 e. The van der Waals surface area contributed by atoms with E-state index in [1.165, 1.54) is 4.90 Å². The number of halogens is 2. The molecule has 0 aromatic heterocycles. The Morgan fingerprint density at radius 3 is 2.28 bits per heavy atom. The molecule has 0 unspecified atom stereocenters. The maximum atomic E-state index is 11.7. The summed E-state index contributed by atoms with van der Waals surface area (Å²) in [6, 6.07) is 4.34. The summed E-state index contributed by atoms with van der Waals surface area (Å²) < 4.78 is 0. The van der Waals surface area contributed by atoms with Gasteiger partial charge in [-0.15, -0.1) is 0 Å². The predicted molar refractivity (Wildman–Crippen MR) is 68.2 cm³/mol. The highest BCUT2D eigenvalue weighted by Gasteiger charge is 2.35. The minimum atomic E-state index is -0.884. The van der Waals surface area contributed by atoms with Gasteiger partial charge in [-0.2, -0.15) is 0 Å². The molecule has 18 heavy (non-hydrogen) atoms. The van der Waals surface area contributed by atoms with E-state index in [4.69, 9.17) is 28.3 Å². The lowest BCUT2D eigenvalue weighted by Crippen LogP contribution is -2.54. The highest BCUT2D eigenvalue weighted by atomic mass is 35.5. The lowest BCUT2D eigenvalue weighted by atomic mass is 10.0. The Labute approximate surface area is 113 Å². The molecular formula is C11H10Cl2N2O3. The molecule has 1 aliphatic rings. The second-order valence-corrected chi connectivity index (χ2v) is 4.90. The van der Waals surface area contributed by atoms with Crippen molar-refractivity contribution in [1.82, 2.24) is 4.90 Å². The van der Waals surface area contributed by atoms with Crippen molar-refractivity contribution in [1.29, 1.82) is 0 Å². The number of carbonyl (C=O) groups excluding carboxylic acids is 1. The number of aliphatic carboxylic acids is 1. The number of hydrogen-bond donors (Lipinski definition) is 2. The van der Waals surface area contributed by atoms with Gasteiger partial charge in [0.25, 0.3) is 0 Å². The van der Waals surface area contributed by atoms with E-state index in [1.54, 1.807) is 18.2 Å². The van der Waals surface area contributed by atoms with Crippen LogP contribution in [0.25, 0.3) is 0 Å². The van der Waals surface area contributed by atoms with Crippen molar-refractivity contribution < 1.29 is 14.7 Å². The first-order valence-corrected chi connectivity index (χ1v) is 5.96. The zero-order valence-corrected chi connectivity index (χ0v) is 10.7. The average Bonchev–Trinajstić information content (AvgIpc) is 2.11. The lowest BCUT2D eigenvalue weighted by Gasteiger charge is -2.36. The molecule has 1 aromatic carbocycles. The second-order valence-electron chi connectivity index (χ2n) is 4.03. The van der Waals surface area contributed by atoms with Gasteiger partial charge in [0.05, 0.1) is 5.92 Å². The first-order chi connectivity index (χ1) is 8.45. The first-order valence-electron chi connectivity index (χ1n) is 5.20. The van der Waals surface area contributed by atoms with Crippen LogP contribution in [-0.2, 0) is 4.79 Å². The Bertz CT molecular complexity index is 481. The van der Waals surface area contributed by atoms with Crippen LogP contribution in [0.4, 0.5) is 10.5 Å². The van der Waals surface area contributed by atoms with Gasteiger partial charge in [-0.05, 0) is 18.2 Å². The number of nitrogens with zero attached hydrogens (tertiary/aromatic N) is 1. The van der Waals surface area contributed by atoms with Crippen LogP contribution in [0.15, 0.2) is 18.2 Å². The highest BCUT2D eigenvalue weighted by molar-refractivity contribution is 6.35. The van der Waals surface area contributed by atoms with E-state index in [1.807, 2.05) is 0 Å². The Morgan fingerprint density at radius 2 is 1.78 bits per heavy atom. The zero-order chi connectivity index (χ0) is 13.3. The number of carboxylic acids is 1. The third-order valence-corrected chi connectivity index (χ3v) is 3.07. The number of urea groups is 1. The van der Waals surface area contributed by atoms with Gasteiger partial charge in [0.1, 0.15) is 0 Å². The number of likely N-dealkylation sites (tertiary alicyclic amines) is 1. The Balaban J connectivity index is 1.94. The number of carbonyl (C=O) groups is 2. The normalized spacial score (nSPS) is 15.1. The number of nitrogens with one attached hydrogen (secondary N) is 1. The number of carboxylic acid groups (broad SMARTS) is 1. The molecule has 1 fully saturated rings. The van der Waals surface area contributed by atoms with Gasteiger partial charge in [0, 0.05) is 28.8 Å². The van der Waals surface area contributed by atoms with Gasteiger partial charge in [0.15, 0.2) is 0 Å². The summed E-state index contributed by atoms with van der Waals surface area (Å²) in [6.45, 7) is 0.435. The van der Waals surface area contributed by atoms with E-state index < -0.39 is 11.9 Å². The van der Waals surface area contributed by atoms with E-state index >= 15 is 0 Å². The molecule has 0 atom stereocenters. The van der Waals surface area contributed by atoms with E-state index in [-0.39, 0.29) is 19.1 Å². The van der Waals surface area contributed by atoms with E-state index in [0.29, 0.717) is 15.7 Å². The van der Waals surface area contributed by atoms with E-state index in [0.717, 1.165) is 0 Å². The lowest BCUT2D eigenvalue weighted by molar-refractivity contribution is -0.145. The molecule has 0 saturated carbocycles. The number of anilines is 1. The quantitative estimate of drug-likeness (QED) is 0.879. The average molecular weight is 289 g/mol. The third kappa shape index (κ3) is 2.86. The number of rotatable bonds is 2. The van der Waals surface area contributed by atoms with Crippen molar-refractivity contribution >= 4 is 40.9 Å². The fourth-order valence-electron chi connectivity index (χ4n) is 1.63. The Morgan fingerprint density at radius 1 is 1.22 bits per heavy atom. The predicted octanol–water partition coefficient (Wildman–Crippen LogP) is 2.54. The summed E-state index contributed by atoms with van der Waals surface area (Å²) >= 11 is 11.6. The van der Waals surface area contributed by atoms with Crippen LogP contribution in [0.5, 0.6) is 0 Å².